The van der Waals surface area contributed by atoms with Gasteiger partial charge in [-0.25, -0.2) is 9.59 Å². The monoisotopic (exact) mass is 820 g/mol. The summed E-state index contributed by atoms with van der Waals surface area (Å²) in [6, 6.07) is 2.31. The van der Waals surface area contributed by atoms with Crippen molar-refractivity contribution in [2.75, 3.05) is 6.61 Å². The van der Waals surface area contributed by atoms with Crippen LogP contribution in [0.2, 0.25) is 0 Å². The number of aliphatic hydroxyl groups excluding tert-OH is 1. The Hall–Kier alpha value is -4.70. The van der Waals surface area contributed by atoms with Crippen LogP contribution in [0.1, 0.15) is 109 Å². The van der Waals surface area contributed by atoms with Gasteiger partial charge in [0.2, 0.25) is 11.4 Å². The molecule has 6 aliphatic carbocycles. The Morgan fingerprint density at radius 1 is 1.00 bits per heavy atom. The smallest absolute Gasteiger partial charge is 0.343 e. The molecule has 1 aromatic carbocycles. The molecule has 0 amide bonds. The van der Waals surface area contributed by atoms with E-state index in [0.29, 0.717) is 36.7 Å². The van der Waals surface area contributed by atoms with Crippen molar-refractivity contribution in [3.8, 4) is 11.5 Å². The van der Waals surface area contributed by atoms with Gasteiger partial charge in [0.15, 0.2) is 5.78 Å². The molecular formula is C50H60O10. The van der Waals surface area contributed by atoms with Crippen LogP contribution in [0.25, 0.3) is 0 Å². The van der Waals surface area contributed by atoms with Crippen LogP contribution in [0.15, 0.2) is 82.2 Å². The zero-order valence-electron chi connectivity index (χ0n) is 36.1. The van der Waals surface area contributed by atoms with Gasteiger partial charge >= 0.3 is 11.9 Å². The second-order valence-corrected chi connectivity index (χ2v) is 20.1. The molecule has 2 fully saturated rings. The van der Waals surface area contributed by atoms with Gasteiger partial charge < -0.3 is 29.9 Å². The van der Waals surface area contributed by atoms with E-state index in [4.69, 9.17) is 9.47 Å². The lowest BCUT2D eigenvalue weighted by molar-refractivity contribution is -0.158. The number of aliphatic carboxylic acids is 1. The second kappa shape index (κ2) is 14.5. The molecule has 1 heterocycles. The van der Waals surface area contributed by atoms with Crippen LogP contribution in [0.4, 0.5) is 0 Å². The summed E-state index contributed by atoms with van der Waals surface area (Å²) in [7, 11) is 0. The van der Waals surface area contributed by atoms with Crippen LogP contribution in [0.5, 0.6) is 11.5 Å². The first-order valence-corrected chi connectivity index (χ1v) is 21.8. The largest absolute Gasteiger partial charge is 0.508 e. The number of ketones is 2. The fourth-order valence-corrected chi connectivity index (χ4v) is 13.0. The van der Waals surface area contributed by atoms with E-state index in [2.05, 4.69) is 59.8 Å². The molecule has 1 spiro atoms. The molecule has 1 aliphatic heterocycles. The summed E-state index contributed by atoms with van der Waals surface area (Å²) in [5.74, 6) is -3.21. The topological polar surface area (TPSA) is 168 Å². The maximum atomic E-state index is 16.2. The van der Waals surface area contributed by atoms with Gasteiger partial charge in [0.1, 0.15) is 29.4 Å². The number of phenolic OH excluding ortho intramolecular Hbond substituents is 2. The fourth-order valence-electron chi connectivity index (χ4n) is 13.0. The summed E-state index contributed by atoms with van der Waals surface area (Å²) in [5, 5.41) is 41.7. The second-order valence-electron chi connectivity index (χ2n) is 20.1. The number of ether oxygens (including phenoxy) is 2. The van der Waals surface area contributed by atoms with E-state index in [-0.39, 0.29) is 69.3 Å². The lowest BCUT2D eigenvalue weighted by atomic mass is 9.41. The molecular weight excluding hydrogens is 761 g/mol. The van der Waals surface area contributed by atoms with Crippen molar-refractivity contribution >= 4 is 23.5 Å². The lowest BCUT2D eigenvalue weighted by Gasteiger charge is -2.62. The van der Waals surface area contributed by atoms with Gasteiger partial charge in [0, 0.05) is 23.6 Å². The number of carboxylic acids is 1. The average molecular weight is 821 g/mol. The molecule has 4 N–H and O–H groups in total. The maximum absolute atomic E-state index is 16.2. The minimum atomic E-state index is -2.34. The molecule has 0 bridgehead atoms. The Balaban J connectivity index is 1.37. The van der Waals surface area contributed by atoms with Gasteiger partial charge in [-0.1, -0.05) is 76.5 Å². The molecule has 0 radical (unpaired) electrons. The quantitative estimate of drug-likeness (QED) is 0.0863. The molecule has 60 heavy (non-hydrogen) atoms. The third-order valence-electron chi connectivity index (χ3n) is 16.4. The summed E-state index contributed by atoms with van der Waals surface area (Å²) in [5.41, 5.74) is 0.208. The van der Waals surface area contributed by atoms with E-state index in [1.54, 1.807) is 6.08 Å². The molecule has 320 valence electrons. The van der Waals surface area contributed by atoms with Gasteiger partial charge in [-0.3, -0.25) is 9.59 Å². The van der Waals surface area contributed by atoms with E-state index in [1.807, 2.05) is 0 Å². The molecule has 1 aromatic rings. The highest BCUT2D eigenvalue weighted by Gasteiger charge is 2.71. The molecule has 8 rings (SSSR count). The van der Waals surface area contributed by atoms with Crippen molar-refractivity contribution in [1.82, 2.24) is 0 Å². The van der Waals surface area contributed by atoms with Crippen LogP contribution in [0, 0.1) is 64.6 Å². The summed E-state index contributed by atoms with van der Waals surface area (Å²) in [6.45, 7) is 16.4. The van der Waals surface area contributed by atoms with Gasteiger partial charge in [-0.2, -0.15) is 0 Å². The average Bonchev–Trinajstić information content (AvgIpc) is 3.48. The van der Waals surface area contributed by atoms with E-state index in [0.717, 1.165) is 43.4 Å². The number of Topliss-reactive ketones (excluding diaryl/α,β-unsaturated/α-hetero) is 2. The molecule has 7 aliphatic rings. The number of rotatable bonds is 8. The first-order valence-electron chi connectivity index (χ1n) is 21.8. The number of carboxylic acid groups (broad SMARTS) is 1. The number of aryl methyl sites for hydroxylation is 1. The molecule has 10 heteroatoms. The van der Waals surface area contributed by atoms with Crippen molar-refractivity contribution in [3.05, 3.63) is 93.3 Å². The Bertz CT molecular complexity index is 2250. The number of fused-ring (bicyclic) bond motifs is 4. The van der Waals surface area contributed by atoms with Crippen LogP contribution >= 0.6 is 0 Å². The number of aliphatic hydroxyl groups is 1. The SMILES string of the molecule is Cc1cc(O)cc(O)c1C(=O)OC1(C)C(=O)C2=C(C=C(C=CC(=O)O)OC2)C2(CC3CC(C(C)C=CC(C)C(C)C)C4(C)CCC5C(=C34)C2C=C2CC(O)CCC25C)C1=O. The van der Waals surface area contributed by atoms with Crippen LogP contribution in [0.3, 0.4) is 0 Å². The number of carbonyl (C=O) groups excluding carboxylic acids is 3. The lowest BCUT2D eigenvalue weighted by Crippen LogP contribution is -2.64. The van der Waals surface area contributed by atoms with E-state index in [9.17, 15) is 34.8 Å². The Kier molecular flexibility index (Phi) is 10.1. The zero-order chi connectivity index (χ0) is 43.4. The fraction of sp³-hybridized carbons (Fsp3) is 0.560. The number of aromatic hydroxyl groups is 2. The summed E-state index contributed by atoms with van der Waals surface area (Å²) < 4.78 is 12.2. The first kappa shape index (κ1) is 42.0. The van der Waals surface area contributed by atoms with Gasteiger partial charge in [-0.05, 0) is 134 Å². The number of hydrogen-bond donors (Lipinski definition) is 4. The number of benzene rings is 1. The molecule has 10 nitrogen and oxygen atoms in total. The number of esters is 1. The Labute approximate surface area is 352 Å². The molecule has 0 aromatic heterocycles. The van der Waals surface area contributed by atoms with E-state index < -0.39 is 52.3 Å². The van der Waals surface area contributed by atoms with Crippen molar-refractivity contribution in [3.63, 3.8) is 0 Å². The molecule has 0 saturated heterocycles. The molecule has 11 unspecified atom stereocenters. The zero-order valence-corrected chi connectivity index (χ0v) is 36.1. The summed E-state index contributed by atoms with van der Waals surface area (Å²) >= 11 is 0. The van der Waals surface area contributed by atoms with Crippen LogP contribution < -0.4 is 0 Å². The first-order chi connectivity index (χ1) is 28.2. The van der Waals surface area contributed by atoms with Gasteiger partial charge in [0.25, 0.3) is 0 Å². The highest BCUT2D eigenvalue weighted by molar-refractivity contribution is 6.24. The number of allylic oxidation sites excluding steroid dienone is 8. The van der Waals surface area contributed by atoms with Gasteiger partial charge in [-0.15, -0.1) is 0 Å². The number of phenols is 2. The van der Waals surface area contributed by atoms with Crippen molar-refractivity contribution in [2.45, 2.75) is 112 Å². The Morgan fingerprint density at radius 3 is 2.40 bits per heavy atom. The van der Waals surface area contributed by atoms with Crippen LogP contribution in [-0.2, 0) is 23.9 Å². The van der Waals surface area contributed by atoms with E-state index >= 15 is 4.79 Å². The highest BCUT2D eigenvalue weighted by Crippen LogP contribution is 2.74. The number of hydrogen-bond acceptors (Lipinski definition) is 9. The van der Waals surface area contributed by atoms with Crippen LogP contribution in [-0.4, -0.2) is 62.2 Å². The van der Waals surface area contributed by atoms with Crippen molar-refractivity contribution in [1.29, 1.82) is 0 Å². The van der Waals surface area contributed by atoms with Crippen molar-refractivity contribution in [2.24, 2.45) is 57.7 Å². The summed E-state index contributed by atoms with van der Waals surface area (Å²) in [6.07, 6.45) is 15.4. The number of carbonyl (C=O) groups is 4. The molecule has 11 atom stereocenters. The third kappa shape index (κ3) is 6.12. The minimum Gasteiger partial charge on any atom is -0.508 e. The molecule has 2 saturated carbocycles. The maximum Gasteiger partial charge on any atom is 0.343 e. The van der Waals surface area contributed by atoms with Crippen molar-refractivity contribution < 1.29 is 49.1 Å². The highest BCUT2D eigenvalue weighted by atomic mass is 16.6. The normalized spacial score (nSPS) is 36.8. The predicted molar refractivity (Wildman–Crippen MR) is 225 cm³/mol. The third-order valence-corrected chi connectivity index (χ3v) is 16.4. The predicted octanol–water partition coefficient (Wildman–Crippen LogP) is 8.66. The van der Waals surface area contributed by atoms with E-state index in [1.165, 1.54) is 37.1 Å². The Morgan fingerprint density at radius 2 is 1.72 bits per heavy atom. The standard InChI is InChI=1S/C50H60O10/c1-25(2)26(3)9-10-27(4)36-18-29-23-50(38-20-30-19-31(51)13-15-47(30,6)35-14-16-48(36,7)43(29)42(35)38)37-22-33(11-12-40(54)55)59-24-34(37)44(56)49(8,46(50)58)60-45(57)41-28(5)17-32(52)21-39(41)53/h9-12,17,20-22,25-27,29,31,35-36,38,51-53H,13-16,18-19,23-24H2,1-8H3,(H,54,55). The van der Waals surface area contributed by atoms with Gasteiger partial charge in [0.05, 0.1) is 11.5 Å². The minimum absolute atomic E-state index is 0.0383. The summed E-state index contributed by atoms with van der Waals surface area (Å²) in [4.78, 5) is 57.0.